The molecule has 0 spiro atoms. The molecule has 2 aromatic rings. The molecule has 5 rings (SSSR count). The van der Waals surface area contributed by atoms with E-state index in [1.54, 1.807) is 29.6 Å². The highest BCUT2D eigenvalue weighted by atomic mass is 32.2. The van der Waals surface area contributed by atoms with Gasteiger partial charge in [0.2, 0.25) is 0 Å². The molecule has 1 aromatic carbocycles. The van der Waals surface area contributed by atoms with E-state index in [0.717, 1.165) is 18.3 Å². The quantitative estimate of drug-likeness (QED) is 0.535. The topological polar surface area (TPSA) is 93.6 Å². The molecule has 4 heterocycles. The second-order valence-electron chi connectivity index (χ2n) is 11.2. The maximum Gasteiger partial charge on any atom is 0.421 e. The van der Waals surface area contributed by atoms with Crippen LogP contribution in [0.2, 0.25) is 0 Å². The lowest BCUT2D eigenvalue weighted by Crippen LogP contribution is -2.66. The van der Waals surface area contributed by atoms with Crippen molar-refractivity contribution in [2.75, 3.05) is 44.3 Å². The molecule has 39 heavy (non-hydrogen) atoms. The molecule has 1 aromatic heterocycles. The number of fused-ring (bicyclic) bond motifs is 2. The highest BCUT2D eigenvalue weighted by molar-refractivity contribution is 7.91. The van der Waals surface area contributed by atoms with Gasteiger partial charge in [0, 0.05) is 44.0 Å². The van der Waals surface area contributed by atoms with Gasteiger partial charge in [-0.2, -0.15) is 17.5 Å². The van der Waals surface area contributed by atoms with Crippen molar-refractivity contribution in [3.8, 4) is 0 Å². The minimum atomic E-state index is -4.83. The van der Waals surface area contributed by atoms with E-state index in [2.05, 4.69) is 4.90 Å². The van der Waals surface area contributed by atoms with Crippen molar-refractivity contribution in [2.24, 2.45) is 0 Å². The standard InChI is InChI=1S/C26H34F3N3O5S2/c1-24(33)12-20-16-37-17-21(13-24)32(20)15-22-14-30(39(35,36)23-4-3-11-38-23)9-10-31(22)19-7-5-18(6-8-19)25(2,34)26(27,28)29/h3-8,11,20-22,33-34H,9-10,12-17H2,1-2H3/t20-,21?,22+,24?,25?/m0/s1. The highest BCUT2D eigenvalue weighted by Crippen LogP contribution is 2.40. The number of alkyl halides is 3. The Hall–Kier alpha value is -1.74. The first-order chi connectivity index (χ1) is 18.2. The van der Waals surface area contributed by atoms with E-state index < -0.39 is 27.4 Å². The van der Waals surface area contributed by atoms with Gasteiger partial charge in [0.15, 0.2) is 5.60 Å². The van der Waals surface area contributed by atoms with Crippen molar-refractivity contribution >= 4 is 27.0 Å². The van der Waals surface area contributed by atoms with Crippen LogP contribution in [0.4, 0.5) is 18.9 Å². The highest BCUT2D eigenvalue weighted by Gasteiger charge is 2.51. The molecule has 3 fully saturated rings. The zero-order valence-corrected chi connectivity index (χ0v) is 23.5. The van der Waals surface area contributed by atoms with Gasteiger partial charge in [0.1, 0.15) is 4.21 Å². The molecule has 3 aliphatic heterocycles. The Kier molecular flexibility index (Phi) is 7.58. The van der Waals surface area contributed by atoms with E-state index >= 15 is 0 Å². The van der Waals surface area contributed by atoms with Crippen molar-refractivity contribution in [3.63, 3.8) is 0 Å². The Balaban J connectivity index is 1.43. The number of hydrogen-bond donors (Lipinski definition) is 2. The first-order valence-electron chi connectivity index (χ1n) is 12.9. The van der Waals surface area contributed by atoms with Gasteiger partial charge in [-0.3, -0.25) is 4.90 Å². The van der Waals surface area contributed by atoms with Gasteiger partial charge < -0.3 is 19.8 Å². The normalized spacial score (nSPS) is 30.7. The molecule has 0 radical (unpaired) electrons. The maximum atomic E-state index is 13.4. The van der Waals surface area contributed by atoms with Crippen LogP contribution in [0, 0.1) is 0 Å². The number of sulfonamides is 1. The molecule has 2 N–H and O–H groups in total. The van der Waals surface area contributed by atoms with Crippen LogP contribution in [0.25, 0.3) is 0 Å². The summed E-state index contributed by atoms with van der Waals surface area (Å²) in [4.78, 5) is 4.33. The van der Waals surface area contributed by atoms with Crippen LogP contribution >= 0.6 is 11.3 Å². The number of halogens is 3. The second kappa shape index (κ2) is 10.3. The molecule has 5 atom stereocenters. The van der Waals surface area contributed by atoms with Crippen molar-refractivity contribution in [2.45, 2.75) is 66.4 Å². The number of rotatable bonds is 6. The van der Waals surface area contributed by atoms with Crippen LogP contribution in [-0.4, -0.2) is 97.1 Å². The van der Waals surface area contributed by atoms with Crippen LogP contribution in [0.3, 0.4) is 0 Å². The Morgan fingerprint density at radius 1 is 1.10 bits per heavy atom. The summed E-state index contributed by atoms with van der Waals surface area (Å²) in [5.74, 6) is 0. The number of ether oxygens (including phenoxy) is 1. The summed E-state index contributed by atoms with van der Waals surface area (Å²) in [7, 11) is -3.69. The summed E-state index contributed by atoms with van der Waals surface area (Å²) in [6.45, 7) is 4.78. The first kappa shape index (κ1) is 28.8. The number of hydrogen-bond acceptors (Lipinski definition) is 8. The molecule has 3 saturated heterocycles. The molecule has 3 aliphatic rings. The van der Waals surface area contributed by atoms with Gasteiger partial charge in [-0.05, 0) is 55.8 Å². The van der Waals surface area contributed by atoms with Gasteiger partial charge in [0.25, 0.3) is 10.0 Å². The predicted octanol–water partition coefficient (Wildman–Crippen LogP) is 3.01. The zero-order valence-electron chi connectivity index (χ0n) is 21.8. The van der Waals surface area contributed by atoms with E-state index in [9.17, 15) is 31.8 Å². The minimum absolute atomic E-state index is 0.0251. The molecule has 3 unspecified atom stereocenters. The van der Waals surface area contributed by atoms with Gasteiger partial charge >= 0.3 is 6.18 Å². The molecular formula is C26H34F3N3O5S2. The average molecular weight is 590 g/mol. The zero-order chi connectivity index (χ0) is 28.2. The Bertz CT molecular complexity index is 1240. The predicted molar refractivity (Wildman–Crippen MR) is 141 cm³/mol. The summed E-state index contributed by atoms with van der Waals surface area (Å²) in [5.41, 5.74) is -3.40. The molecular weight excluding hydrogens is 555 g/mol. The van der Waals surface area contributed by atoms with Crippen molar-refractivity contribution in [3.05, 3.63) is 47.3 Å². The number of benzene rings is 1. The summed E-state index contributed by atoms with van der Waals surface area (Å²) in [6, 6.07) is 8.59. The Labute approximate surface area is 230 Å². The number of thiophene rings is 1. The molecule has 8 nitrogen and oxygen atoms in total. The monoisotopic (exact) mass is 589 g/mol. The largest absolute Gasteiger partial charge is 0.421 e. The average Bonchev–Trinajstić information content (AvgIpc) is 3.40. The minimum Gasteiger partial charge on any atom is -0.390 e. The fourth-order valence-electron chi connectivity index (χ4n) is 6.04. The molecule has 0 aliphatic carbocycles. The third kappa shape index (κ3) is 5.59. The van der Waals surface area contributed by atoms with Crippen molar-refractivity contribution in [1.82, 2.24) is 9.21 Å². The van der Waals surface area contributed by atoms with Crippen LogP contribution in [0.5, 0.6) is 0 Å². The van der Waals surface area contributed by atoms with E-state index in [-0.39, 0.29) is 41.0 Å². The fourth-order valence-corrected chi connectivity index (χ4v) is 8.66. The van der Waals surface area contributed by atoms with Crippen LogP contribution in [0.15, 0.2) is 46.0 Å². The van der Waals surface area contributed by atoms with Gasteiger partial charge in [-0.1, -0.05) is 18.2 Å². The van der Waals surface area contributed by atoms with E-state index in [0.29, 0.717) is 44.8 Å². The number of nitrogens with zero attached hydrogens (tertiary/aromatic N) is 3. The number of piperazine rings is 1. The van der Waals surface area contributed by atoms with E-state index in [1.807, 2.05) is 11.8 Å². The maximum absolute atomic E-state index is 13.4. The van der Waals surface area contributed by atoms with Crippen molar-refractivity contribution < 1.29 is 36.5 Å². The third-order valence-electron chi connectivity index (χ3n) is 8.18. The van der Waals surface area contributed by atoms with Crippen molar-refractivity contribution in [1.29, 1.82) is 0 Å². The molecule has 13 heteroatoms. The first-order valence-corrected chi connectivity index (χ1v) is 15.3. The summed E-state index contributed by atoms with van der Waals surface area (Å²) >= 11 is 1.16. The lowest BCUT2D eigenvalue weighted by molar-refractivity contribution is -0.258. The summed E-state index contributed by atoms with van der Waals surface area (Å²) in [5, 5.41) is 22.6. The fraction of sp³-hybridized carbons (Fsp3) is 0.615. The SMILES string of the molecule is CC1(O)CC2COC[C@H](C1)N2C[C@H]1CN(S(=O)(=O)c2cccs2)CCN1c1ccc(C(C)(O)C(F)(F)F)cc1. The number of anilines is 1. The lowest BCUT2D eigenvalue weighted by atomic mass is 9.82. The van der Waals surface area contributed by atoms with E-state index in [4.69, 9.17) is 4.74 Å². The van der Waals surface area contributed by atoms with E-state index in [1.165, 1.54) is 16.4 Å². The Morgan fingerprint density at radius 2 is 1.74 bits per heavy atom. The molecule has 2 bridgehead atoms. The number of piperidine rings is 1. The second-order valence-corrected chi connectivity index (χ2v) is 14.3. The van der Waals surface area contributed by atoms with Crippen LogP contribution in [-0.2, 0) is 20.4 Å². The van der Waals surface area contributed by atoms with Gasteiger partial charge in [0.05, 0.1) is 24.9 Å². The third-order valence-corrected chi connectivity index (χ3v) is 11.4. The Morgan fingerprint density at radius 3 is 2.31 bits per heavy atom. The smallest absolute Gasteiger partial charge is 0.390 e. The van der Waals surface area contributed by atoms with Crippen LogP contribution < -0.4 is 4.90 Å². The lowest BCUT2D eigenvalue weighted by Gasteiger charge is -2.53. The molecule has 0 saturated carbocycles. The summed E-state index contributed by atoms with van der Waals surface area (Å²) in [6.07, 6.45) is -3.75. The van der Waals surface area contributed by atoms with Gasteiger partial charge in [-0.15, -0.1) is 11.3 Å². The molecule has 216 valence electrons. The number of morpholine rings is 1. The number of aliphatic hydroxyl groups is 2. The summed E-state index contributed by atoms with van der Waals surface area (Å²) < 4.78 is 74.4. The molecule has 0 amide bonds. The van der Waals surface area contributed by atoms with Gasteiger partial charge in [-0.25, -0.2) is 8.42 Å². The van der Waals surface area contributed by atoms with Crippen LogP contribution in [0.1, 0.15) is 32.3 Å².